The third-order valence-corrected chi connectivity index (χ3v) is 4.40. The van der Waals surface area contributed by atoms with E-state index >= 15 is 0 Å². The van der Waals surface area contributed by atoms with Gasteiger partial charge < -0.3 is 15.1 Å². The molecule has 0 aliphatic rings. The van der Waals surface area contributed by atoms with Crippen molar-refractivity contribution in [1.82, 2.24) is 14.7 Å². The lowest BCUT2D eigenvalue weighted by Crippen LogP contribution is -2.25. The Hall–Kier alpha value is -1.64. The molecule has 0 atom stereocenters. The minimum atomic E-state index is -3.66. The van der Waals surface area contributed by atoms with Crippen LogP contribution < -0.4 is 10.5 Å². The van der Waals surface area contributed by atoms with Gasteiger partial charge in [-0.05, 0) is 13.8 Å². The zero-order valence-corrected chi connectivity index (χ0v) is 11.5. The molecular weight excluding hydrogens is 268 g/mol. The highest BCUT2D eigenvalue weighted by atomic mass is 32.2. The number of nitrogens with one attached hydrogen (secondary N) is 2. The molecule has 2 rings (SSSR count). The molecule has 2 aromatic heterocycles. The number of furan rings is 1. The summed E-state index contributed by atoms with van der Waals surface area (Å²) in [5.41, 5.74) is 6.77. The summed E-state index contributed by atoms with van der Waals surface area (Å²) in [5.74, 6) is 0.872. The van der Waals surface area contributed by atoms with Crippen molar-refractivity contribution in [3.63, 3.8) is 0 Å². The van der Waals surface area contributed by atoms with E-state index in [0.717, 1.165) is 0 Å². The SMILES string of the molecule is Cc1oc(C)c(S(=O)(=O)NCc2cnc[nH]2)c1CN. The topological polar surface area (TPSA) is 114 Å². The molecule has 0 saturated heterocycles. The number of nitrogens with two attached hydrogens (primary N) is 1. The van der Waals surface area contributed by atoms with E-state index in [1.54, 1.807) is 20.0 Å². The van der Waals surface area contributed by atoms with Crippen LogP contribution in [0.25, 0.3) is 0 Å². The maximum absolute atomic E-state index is 12.3. The predicted molar refractivity (Wildman–Crippen MR) is 68.7 cm³/mol. The van der Waals surface area contributed by atoms with Gasteiger partial charge in [-0.25, -0.2) is 18.1 Å². The minimum Gasteiger partial charge on any atom is -0.465 e. The first-order valence-electron chi connectivity index (χ1n) is 5.71. The molecule has 4 N–H and O–H groups in total. The summed E-state index contributed by atoms with van der Waals surface area (Å²) in [6, 6.07) is 0. The van der Waals surface area contributed by atoms with Crippen LogP contribution in [0.15, 0.2) is 21.8 Å². The molecule has 0 aliphatic heterocycles. The van der Waals surface area contributed by atoms with Gasteiger partial charge in [0.05, 0.1) is 12.9 Å². The maximum atomic E-state index is 12.3. The van der Waals surface area contributed by atoms with Crippen LogP contribution in [-0.2, 0) is 23.1 Å². The van der Waals surface area contributed by atoms with Crippen LogP contribution in [0.3, 0.4) is 0 Å². The van der Waals surface area contributed by atoms with E-state index < -0.39 is 10.0 Å². The average Bonchev–Trinajstić information content (AvgIpc) is 2.94. The Morgan fingerprint density at radius 3 is 2.74 bits per heavy atom. The van der Waals surface area contributed by atoms with Crippen LogP contribution in [0.1, 0.15) is 22.8 Å². The van der Waals surface area contributed by atoms with E-state index in [0.29, 0.717) is 22.8 Å². The van der Waals surface area contributed by atoms with Crippen LogP contribution in [0.4, 0.5) is 0 Å². The third kappa shape index (κ3) is 2.70. The van der Waals surface area contributed by atoms with E-state index in [-0.39, 0.29) is 18.0 Å². The Morgan fingerprint density at radius 2 is 2.16 bits per heavy atom. The lowest BCUT2D eigenvalue weighted by Gasteiger charge is -2.06. The number of imidazole rings is 1. The van der Waals surface area contributed by atoms with Gasteiger partial charge >= 0.3 is 0 Å². The summed E-state index contributed by atoms with van der Waals surface area (Å²) < 4.78 is 32.4. The normalized spacial score (nSPS) is 11.9. The minimum absolute atomic E-state index is 0.115. The molecule has 0 amide bonds. The summed E-state index contributed by atoms with van der Waals surface area (Å²) in [6.45, 7) is 3.56. The summed E-state index contributed by atoms with van der Waals surface area (Å²) in [7, 11) is -3.66. The second-order valence-electron chi connectivity index (χ2n) is 4.13. The van der Waals surface area contributed by atoms with E-state index in [1.165, 1.54) is 6.33 Å². The maximum Gasteiger partial charge on any atom is 0.244 e. The van der Waals surface area contributed by atoms with Gasteiger partial charge in [0.2, 0.25) is 10.0 Å². The third-order valence-electron chi connectivity index (χ3n) is 2.81. The van der Waals surface area contributed by atoms with Crippen LogP contribution in [0, 0.1) is 13.8 Å². The zero-order valence-electron chi connectivity index (χ0n) is 10.7. The van der Waals surface area contributed by atoms with Crippen molar-refractivity contribution >= 4 is 10.0 Å². The Balaban J connectivity index is 2.29. The highest BCUT2D eigenvalue weighted by Crippen LogP contribution is 2.26. The molecule has 19 heavy (non-hydrogen) atoms. The number of rotatable bonds is 5. The lowest BCUT2D eigenvalue weighted by molar-refractivity contribution is 0.494. The fourth-order valence-electron chi connectivity index (χ4n) is 1.92. The monoisotopic (exact) mass is 284 g/mol. The van der Waals surface area contributed by atoms with Crippen molar-refractivity contribution in [1.29, 1.82) is 0 Å². The molecule has 7 nitrogen and oxygen atoms in total. The molecule has 0 spiro atoms. The molecule has 0 bridgehead atoms. The van der Waals surface area contributed by atoms with Gasteiger partial charge in [-0.3, -0.25) is 0 Å². The van der Waals surface area contributed by atoms with Gasteiger partial charge in [-0.15, -0.1) is 0 Å². The van der Waals surface area contributed by atoms with Gasteiger partial charge in [0.25, 0.3) is 0 Å². The summed E-state index contributed by atoms with van der Waals surface area (Å²) in [4.78, 5) is 6.78. The standard InChI is InChI=1S/C11H16N4O3S/c1-7-10(3-12)11(8(2)18-7)19(16,17)15-5-9-4-13-6-14-9/h4,6,15H,3,5,12H2,1-2H3,(H,13,14). The Labute approximate surface area is 111 Å². The van der Waals surface area contributed by atoms with E-state index in [9.17, 15) is 8.42 Å². The Bertz CT molecular complexity index is 658. The van der Waals surface area contributed by atoms with Crippen molar-refractivity contribution in [2.45, 2.75) is 31.8 Å². The fourth-order valence-corrected chi connectivity index (χ4v) is 3.39. The fraction of sp³-hybridized carbons (Fsp3) is 0.364. The average molecular weight is 284 g/mol. The van der Waals surface area contributed by atoms with Crippen molar-refractivity contribution in [3.05, 3.63) is 35.3 Å². The molecule has 2 aromatic rings. The molecule has 2 heterocycles. The smallest absolute Gasteiger partial charge is 0.244 e. The second-order valence-corrected chi connectivity index (χ2v) is 5.83. The van der Waals surface area contributed by atoms with Gasteiger partial charge in [0.15, 0.2) is 0 Å². The predicted octanol–water partition coefficient (Wildman–Crippen LogP) is 0.557. The number of sulfonamides is 1. The van der Waals surface area contributed by atoms with Crippen LogP contribution in [0.2, 0.25) is 0 Å². The number of aromatic nitrogens is 2. The number of hydrogen-bond acceptors (Lipinski definition) is 5. The number of aromatic amines is 1. The number of nitrogens with zero attached hydrogens (tertiary/aromatic N) is 1. The zero-order chi connectivity index (χ0) is 14.0. The summed E-state index contributed by atoms with van der Waals surface area (Å²) >= 11 is 0. The first-order chi connectivity index (χ1) is 8.95. The largest absolute Gasteiger partial charge is 0.465 e. The van der Waals surface area contributed by atoms with Crippen molar-refractivity contribution in [3.8, 4) is 0 Å². The van der Waals surface area contributed by atoms with Gasteiger partial charge in [-0.1, -0.05) is 0 Å². The molecule has 8 heteroatoms. The van der Waals surface area contributed by atoms with E-state index in [1.807, 2.05) is 0 Å². The van der Waals surface area contributed by atoms with Gasteiger partial charge in [0, 0.05) is 24.0 Å². The number of hydrogen-bond donors (Lipinski definition) is 3. The van der Waals surface area contributed by atoms with Crippen LogP contribution in [0.5, 0.6) is 0 Å². The number of H-pyrrole nitrogens is 1. The first kappa shape index (κ1) is 13.8. The molecular formula is C11H16N4O3S. The highest BCUT2D eigenvalue weighted by molar-refractivity contribution is 7.89. The van der Waals surface area contributed by atoms with E-state index in [2.05, 4.69) is 14.7 Å². The Morgan fingerprint density at radius 1 is 1.42 bits per heavy atom. The molecule has 0 radical (unpaired) electrons. The molecule has 0 aromatic carbocycles. The Kier molecular flexibility index (Phi) is 3.74. The van der Waals surface area contributed by atoms with Gasteiger partial charge in [-0.2, -0.15) is 0 Å². The molecule has 104 valence electrons. The quantitative estimate of drug-likeness (QED) is 0.742. The van der Waals surface area contributed by atoms with Crippen molar-refractivity contribution < 1.29 is 12.8 Å². The highest BCUT2D eigenvalue weighted by Gasteiger charge is 2.25. The molecule has 0 saturated carbocycles. The molecule has 0 aliphatic carbocycles. The van der Waals surface area contributed by atoms with E-state index in [4.69, 9.17) is 10.2 Å². The van der Waals surface area contributed by atoms with Crippen molar-refractivity contribution in [2.75, 3.05) is 0 Å². The summed E-state index contributed by atoms with van der Waals surface area (Å²) in [5, 5.41) is 0. The molecule has 0 fully saturated rings. The second kappa shape index (κ2) is 5.16. The first-order valence-corrected chi connectivity index (χ1v) is 7.20. The molecule has 0 unspecified atom stereocenters. The van der Waals surface area contributed by atoms with Gasteiger partial charge in [0.1, 0.15) is 16.4 Å². The lowest BCUT2D eigenvalue weighted by atomic mass is 10.2. The number of aryl methyl sites for hydroxylation is 2. The summed E-state index contributed by atoms with van der Waals surface area (Å²) in [6.07, 6.45) is 3.04. The van der Waals surface area contributed by atoms with Crippen LogP contribution >= 0.6 is 0 Å². The van der Waals surface area contributed by atoms with Crippen molar-refractivity contribution in [2.24, 2.45) is 5.73 Å². The van der Waals surface area contributed by atoms with Crippen LogP contribution in [-0.4, -0.2) is 18.4 Å².